The highest BCUT2D eigenvalue weighted by Gasteiger charge is 2.01. The highest BCUT2D eigenvalue weighted by molar-refractivity contribution is 9.11. The Bertz CT molecular complexity index is 369. The van der Waals surface area contributed by atoms with Crippen LogP contribution in [-0.4, -0.2) is 19.5 Å². The third kappa shape index (κ3) is 4.53. The summed E-state index contributed by atoms with van der Waals surface area (Å²) in [4.78, 5) is 11.0. The Labute approximate surface area is 112 Å². The Kier molecular flexibility index (Phi) is 5.84. The highest BCUT2D eigenvalue weighted by Crippen LogP contribution is 2.25. The van der Waals surface area contributed by atoms with Gasteiger partial charge in [0, 0.05) is 34.6 Å². The number of benzene rings is 1. The molecule has 0 radical (unpaired) electrons. The number of amides is 1. The third-order valence-electron chi connectivity index (χ3n) is 2.11. The van der Waals surface area contributed by atoms with Crippen LogP contribution in [0, 0.1) is 0 Å². The van der Waals surface area contributed by atoms with E-state index < -0.39 is 0 Å². The largest absolute Gasteiger partial charge is 0.384 e. The zero-order valence-electron chi connectivity index (χ0n) is 9.02. The van der Waals surface area contributed by atoms with Crippen LogP contribution in [0.3, 0.4) is 0 Å². The molecular weight excluding hydrogens is 336 g/mol. The molecule has 1 rings (SSSR count). The standard InChI is InChI=1S/C11H14Br2N2O/c1-14-11(16)3-2-6-15-10-5-4-8(12)7-9(10)13/h4-5,7,15H,2-3,6H2,1H3,(H,14,16). The van der Waals surface area contributed by atoms with E-state index in [1.165, 1.54) is 0 Å². The van der Waals surface area contributed by atoms with Gasteiger partial charge < -0.3 is 10.6 Å². The van der Waals surface area contributed by atoms with Gasteiger partial charge in [-0.25, -0.2) is 0 Å². The van der Waals surface area contributed by atoms with Gasteiger partial charge in [0.25, 0.3) is 0 Å². The van der Waals surface area contributed by atoms with E-state index in [1.54, 1.807) is 7.05 Å². The summed E-state index contributed by atoms with van der Waals surface area (Å²) in [5.74, 6) is 0.0803. The van der Waals surface area contributed by atoms with Gasteiger partial charge in [0.15, 0.2) is 0 Å². The molecule has 0 saturated carbocycles. The SMILES string of the molecule is CNC(=O)CCCNc1ccc(Br)cc1Br. The second kappa shape index (κ2) is 6.91. The van der Waals surface area contributed by atoms with Crippen molar-refractivity contribution in [3.63, 3.8) is 0 Å². The number of hydrogen-bond donors (Lipinski definition) is 2. The Balaban J connectivity index is 2.35. The molecule has 0 atom stereocenters. The van der Waals surface area contributed by atoms with Crippen LogP contribution in [-0.2, 0) is 4.79 Å². The fraction of sp³-hybridized carbons (Fsp3) is 0.364. The molecule has 88 valence electrons. The maximum atomic E-state index is 11.0. The number of hydrogen-bond acceptors (Lipinski definition) is 2. The van der Waals surface area contributed by atoms with E-state index in [2.05, 4.69) is 42.5 Å². The molecule has 2 N–H and O–H groups in total. The van der Waals surface area contributed by atoms with E-state index in [9.17, 15) is 4.79 Å². The average Bonchev–Trinajstić information content (AvgIpc) is 2.26. The van der Waals surface area contributed by atoms with Crippen molar-refractivity contribution in [1.82, 2.24) is 5.32 Å². The van der Waals surface area contributed by atoms with Crippen molar-refractivity contribution < 1.29 is 4.79 Å². The van der Waals surface area contributed by atoms with Gasteiger partial charge in [-0.2, -0.15) is 0 Å². The van der Waals surface area contributed by atoms with E-state index in [0.717, 1.165) is 27.6 Å². The molecule has 0 aliphatic rings. The van der Waals surface area contributed by atoms with Gasteiger partial charge in [-0.1, -0.05) is 15.9 Å². The minimum absolute atomic E-state index is 0.0803. The van der Waals surface area contributed by atoms with Crippen LogP contribution in [0.4, 0.5) is 5.69 Å². The first-order valence-corrected chi connectivity index (χ1v) is 6.61. The minimum Gasteiger partial charge on any atom is -0.384 e. The maximum absolute atomic E-state index is 11.0. The summed E-state index contributed by atoms with van der Waals surface area (Å²) >= 11 is 6.87. The Hall–Kier alpha value is -0.550. The average molecular weight is 350 g/mol. The topological polar surface area (TPSA) is 41.1 Å². The molecule has 3 nitrogen and oxygen atoms in total. The fourth-order valence-electron chi connectivity index (χ4n) is 1.23. The van der Waals surface area contributed by atoms with Gasteiger partial charge in [-0.3, -0.25) is 4.79 Å². The fourth-order valence-corrected chi connectivity index (χ4v) is 2.42. The van der Waals surface area contributed by atoms with Crippen molar-refractivity contribution in [2.24, 2.45) is 0 Å². The lowest BCUT2D eigenvalue weighted by Gasteiger charge is -2.08. The Morgan fingerprint density at radius 3 is 2.75 bits per heavy atom. The van der Waals surface area contributed by atoms with E-state index in [-0.39, 0.29) is 5.91 Å². The van der Waals surface area contributed by atoms with E-state index in [4.69, 9.17) is 0 Å². The van der Waals surface area contributed by atoms with E-state index in [1.807, 2.05) is 18.2 Å². The van der Waals surface area contributed by atoms with Crippen LogP contribution in [0.1, 0.15) is 12.8 Å². The number of rotatable bonds is 5. The maximum Gasteiger partial charge on any atom is 0.219 e. The molecule has 1 aromatic carbocycles. The second-order valence-electron chi connectivity index (χ2n) is 3.33. The summed E-state index contributed by atoms with van der Waals surface area (Å²) in [6.07, 6.45) is 1.37. The first kappa shape index (κ1) is 13.5. The zero-order chi connectivity index (χ0) is 12.0. The summed E-state index contributed by atoms with van der Waals surface area (Å²) in [6, 6.07) is 5.96. The van der Waals surface area contributed by atoms with Crippen LogP contribution >= 0.6 is 31.9 Å². The molecule has 0 saturated heterocycles. The molecule has 0 fully saturated rings. The van der Waals surface area contributed by atoms with Gasteiger partial charge in [0.05, 0.1) is 0 Å². The predicted octanol–water partition coefficient (Wildman–Crippen LogP) is 3.15. The number of carbonyl (C=O) groups is 1. The number of nitrogens with one attached hydrogen (secondary N) is 2. The van der Waals surface area contributed by atoms with Gasteiger partial charge in [-0.15, -0.1) is 0 Å². The van der Waals surface area contributed by atoms with Crippen LogP contribution in [0.5, 0.6) is 0 Å². The van der Waals surface area contributed by atoms with E-state index in [0.29, 0.717) is 6.42 Å². The monoisotopic (exact) mass is 348 g/mol. The summed E-state index contributed by atoms with van der Waals surface area (Å²) in [7, 11) is 1.65. The molecule has 1 amide bonds. The molecule has 0 bridgehead atoms. The third-order valence-corrected chi connectivity index (χ3v) is 3.26. The molecule has 0 heterocycles. The quantitative estimate of drug-likeness (QED) is 0.802. The molecule has 0 aliphatic heterocycles. The van der Waals surface area contributed by atoms with Crippen LogP contribution in [0.2, 0.25) is 0 Å². The highest BCUT2D eigenvalue weighted by atomic mass is 79.9. The van der Waals surface area contributed by atoms with Crippen molar-refractivity contribution >= 4 is 43.5 Å². The first-order valence-electron chi connectivity index (χ1n) is 5.03. The smallest absolute Gasteiger partial charge is 0.219 e. The zero-order valence-corrected chi connectivity index (χ0v) is 12.2. The molecule has 0 spiro atoms. The van der Waals surface area contributed by atoms with Crippen LogP contribution in [0.25, 0.3) is 0 Å². The molecule has 0 aliphatic carbocycles. The molecule has 0 unspecified atom stereocenters. The lowest BCUT2D eigenvalue weighted by Crippen LogP contribution is -2.18. The van der Waals surface area contributed by atoms with Crippen molar-refractivity contribution in [2.75, 3.05) is 18.9 Å². The van der Waals surface area contributed by atoms with Crippen molar-refractivity contribution in [2.45, 2.75) is 12.8 Å². The van der Waals surface area contributed by atoms with Crippen LogP contribution < -0.4 is 10.6 Å². The number of carbonyl (C=O) groups excluding carboxylic acids is 1. The van der Waals surface area contributed by atoms with Crippen molar-refractivity contribution in [1.29, 1.82) is 0 Å². The summed E-state index contributed by atoms with van der Waals surface area (Å²) in [5.41, 5.74) is 1.04. The molecular formula is C11H14Br2N2O. The molecule has 1 aromatic rings. The molecule has 5 heteroatoms. The lowest BCUT2D eigenvalue weighted by atomic mass is 10.2. The van der Waals surface area contributed by atoms with Crippen LogP contribution in [0.15, 0.2) is 27.1 Å². The molecule has 0 aromatic heterocycles. The van der Waals surface area contributed by atoms with Gasteiger partial charge in [0.1, 0.15) is 0 Å². The van der Waals surface area contributed by atoms with Gasteiger partial charge in [0.2, 0.25) is 5.91 Å². The lowest BCUT2D eigenvalue weighted by molar-refractivity contribution is -0.120. The Morgan fingerprint density at radius 1 is 1.38 bits per heavy atom. The van der Waals surface area contributed by atoms with Crippen molar-refractivity contribution in [3.05, 3.63) is 27.1 Å². The van der Waals surface area contributed by atoms with Crippen molar-refractivity contribution in [3.8, 4) is 0 Å². The summed E-state index contributed by atoms with van der Waals surface area (Å²) in [5, 5.41) is 5.87. The molecule has 16 heavy (non-hydrogen) atoms. The predicted molar refractivity (Wildman–Crippen MR) is 73.6 cm³/mol. The normalized spacial score (nSPS) is 9.94. The number of anilines is 1. The summed E-state index contributed by atoms with van der Waals surface area (Å²) < 4.78 is 2.05. The second-order valence-corrected chi connectivity index (χ2v) is 5.10. The number of halogens is 2. The van der Waals surface area contributed by atoms with E-state index >= 15 is 0 Å². The Morgan fingerprint density at radius 2 is 2.12 bits per heavy atom. The minimum atomic E-state index is 0.0803. The first-order chi connectivity index (χ1) is 7.63. The van der Waals surface area contributed by atoms with Gasteiger partial charge in [-0.05, 0) is 40.5 Å². The summed E-state index contributed by atoms with van der Waals surface area (Å²) in [6.45, 7) is 0.785. The van der Waals surface area contributed by atoms with Gasteiger partial charge >= 0.3 is 0 Å².